The summed E-state index contributed by atoms with van der Waals surface area (Å²) in [6, 6.07) is 20.0. The van der Waals surface area contributed by atoms with Crippen molar-refractivity contribution in [1.29, 1.82) is 0 Å². The number of aromatic amines is 1. The standard InChI is InChI=1S/C23H18FN3O3S2/c1-15-10-12-19(13-11-15)32(29,30)27-20(21(28)16-6-3-2-4-7-16)22(26-23(27)31)25-18-9-5-8-17(24)14-18/h2-14,25H,1H3,(H,26,31). The molecule has 4 aromatic rings. The summed E-state index contributed by atoms with van der Waals surface area (Å²) in [7, 11) is -4.20. The highest BCUT2D eigenvalue weighted by atomic mass is 32.2. The fraction of sp³-hybridized carbons (Fsp3) is 0.0435. The lowest BCUT2D eigenvalue weighted by Crippen LogP contribution is -2.20. The number of imidazole rings is 1. The summed E-state index contributed by atoms with van der Waals surface area (Å²) in [5.41, 5.74) is 1.28. The Morgan fingerprint density at radius 1 is 1.00 bits per heavy atom. The Balaban J connectivity index is 1.93. The molecule has 0 radical (unpaired) electrons. The largest absolute Gasteiger partial charge is 0.340 e. The zero-order valence-electron chi connectivity index (χ0n) is 16.9. The molecule has 9 heteroatoms. The smallest absolute Gasteiger partial charge is 0.270 e. The average molecular weight is 468 g/mol. The number of nitrogens with zero attached hydrogens (tertiary/aromatic N) is 1. The number of halogens is 1. The first-order valence-corrected chi connectivity index (χ1v) is 11.4. The Morgan fingerprint density at radius 2 is 1.69 bits per heavy atom. The molecule has 0 bridgehead atoms. The molecular weight excluding hydrogens is 449 g/mol. The fourth-order valence-electron chi connectivity index (χ4n) is 3.20. The van der Waals surface area contributed by atoms with E-state index in [-0.39, 0.29) is 26.7 Å². The molecule has 1 heterocycles. The SMILES string of the molecule is Cc1ccc(S(=O)(=O)n2c(C(=O)c3ccccc3)c(Nc3cccc(F)c3)[nH]c2=S)cc1. The van der Waals surface area contributed by atoms with Gasteiger partial charge in [0.15, 0.2) is 4.77 Å². The van der Waals surface area contributed by atoms with Gasteiger partial charge in [0.2, 0.25) is 5.78 Å². The number of rotatable bonds is 6. The molecule has 0 aliphatic heterocycles. The van der Waals surface area contributed by atoms with E-state index in [1.54, 1.807) is 48.5 Å². The molecule has 162 valence electrons. The van der Waals surface area contributed by atoms with Crippen LogP contribution in [-0.2, 0) is 10.0 Å². The van der Waals surface area contributed by atoms with Crippen LogP contribution in [0.1, 0.15) is 21.6 Å². The van der Waals surface area contributed by atoms with Crippen LogP contribution in [0.3, 0.4) is 0 Å². The number of ketones is 1. The highest BCUT2D eigenvalue weighted by Gasteiger charge is 2.29. The predicted molar refractivity (Wildman–Crippen MR) is 123 cm³/mol. The molecule has 2 N–H and O–H groups in total. The minimum absolute atomic E-state index is 0.0161. The highest BCUT2D eigenvalue weighted by molar-refractivity contribution is 7.90. The molecule has 0 amide bonds. The molecule has 0 aliphatic carbocycles. The van der Waals surface area contributed by atoms with Crippen molar-refractivity contribution < 1.29 is 17.6 Å². The molecule has 32 heavy (non-hydrogen) atoms. The fourth-order valence-corrected chi connectivity index (χ4v) is 5.06. The van der Waals surface area contributed by atoms with Crippen LogP contribution in [0.25, 0.3) is 0 Å². The number of H-pyrrole nitrogens is 1. The van der Waals surface area contributed by atoms with Gasteiger partial charge >= 0.3 is 0 Å². The lowest BCUT2D eigenvalue weighted by atomic mass is 10.1. The average Bonchev–Trinajstić information content (AvgIpc) is 3.10. The number of anilines is 2. The van der Waals surface area contributed by atoms with Crippen molar-refractivity contribution in [2.75, 3.05) is 5.32 Å². The summed E-state index contributed by atoms with van der Waals surface area (Å²) >= 11 is 5.31. The van der Waals surface area contributed by atoms with Crippen molar-refractivity contribution in [3.05, 3.63) is 106 Å². The summed E-state index contributed by atoms with van der Waals surface area (Å²) < 4.78 is 41.3. The van der Waals surface area contributed by atoms with Crippen LogP contribution in [0, 0.1) is 17.5 Å². The van der Waals surface area contributed by atoms with Crippen molar-refractivity contribution in [3.63, 3.8) is 0 Å². The topological polar surface area (TPSA) is 84.0 Å². The molecule has 0 spiro atoms. The van der Waals surface area contributed by atoms with E-state index in [4.69, 9.17) is 12.2 Å². The summed E-state index contributed by atoms with van der Waals surface area (Å²) in [5, 5.41) is 2.89. The molecule has 0 fully saturated rings. The van der Waals surface area contributed by atoms with Crippen LogP contribution >= 0.6 is 12.2 Å². The van der Waals surface area contributed by atoms with Crippen molar-refractivity contribution in [2.45, 2.75) is 11.8 Å². The molecule has 0 unspecified atom stereocenters. The minimum Gasteiger partial charge on any atom is -0.340 e. The number of aryl methyl sites for hydroxylation is 1. The predicted octanol–water partition coefficient (Wildman–Crippen LogP) is 5.20. The van der Waals surface area contributed by atoms with E-state index in [0.29, 0.717) is 5.69 Å². The van der Waals surface area contributed by atoms with E-state index in [1.165, 1.54) is 30.3 Å². The number of benzene rings is 3. The second kappa shape index (κ2) is 8.52. The van der Waals surface area contributed by atoms with E-state index in [0.717, 1.165) is 9.54 Å². The van der Waals surface area contributed by atoms with Crippen molar-refractivity contribution in [3.8, 4) is 0 Å². The van der Waals surface area contributed by atoms with E-state index < -0.39 is 21.6 Å². The van der Waals surface area contributed by atoms with Crippen LogP contribution in [-0.4, -0.2) is 23.2 Å². The highest BCUT2D eigenvalue weighted by Crippen LogP contribution is 2.27. The third-order valence-corrected chi connectivity index (χ3v) is 6.87. The van der Waals surface area contributed by atoms with Gasteiger partial charge < -0.3 is 10.3 Å². The van der Waals surface area contributed by atoms with Gasteiger partial charge in [-0.15, -0.1) is 0 Å². The van der Waals surface area contributed by atoms with Gasteiger partial charge in [0, 0.05) is 11.3 Å². The number of aromatic nitrogens is 2. The maximum atomic E-state index is 13.7. The van der Waals surface area contributed by atoms with Crippen molar-refractivity contribution in [2.24, 2.45) is 0 Å². The maximum Gasteiger partial charge on any atom is 0.270 e. The van der Waals surface area contributed by atoms with E-state index >= 15 is 0 Å². The zero-order chi connectivity index (χ0) is 22.9. The Morgan fingerprint density at radius 3 is 2.34 bits per heavy atom. The van der Waals surface area contributed by atoms with Gasteiger partial charge in [0.25, 0.3) is 10.0 Å². The number of carbonyl (C=O) groups excluding carboxylic acids is 1. The molecule has 3 aromatic carbocycles. The number of hydrogen-bond donors (Lipinski definition) is 2. The van der Waals surface area contributed by atoms with Crippen LogP contribution in [0.4, 0.5) is 15.9 Å². The van der Waals surface area contributed by atoms with E-state index in [2.05, 4.69) is 10.3 Å². The summed E-state index contributed by atoms with van der Waals surface area (Å²) in [6.07, 6.45) is 0. The zero-order valence-corrected chi connectivity index (χ0v) is 18.5. The number of carbonyl (C=O) groups is 1. The number of hydrogen-bond acceptors (Lipinski definition) is 5. The quantitative estimate of drug-likeness (QED) is 0.301. The first-order chi connectivity index (χ1) is 15.3. The lowest BCUT2D eigenvalue weighted by Gasteiger charge is -2.12. The van der Waals surface area contributed by atoms with Crippen molar-refractivity contribution in [1.82, 2.24) is 8.96 Å². The van der Waals surface area contributed by atoms with Gasteiger partial charge in [-0.2, -0.15) is 0 Å². The second-order valence-electron chi connectivity index (χ2n) is 7.07. The Labute approximate surface area is 189 Å². The molecular formula is C23H18FN3O3S2. The Bertz CT molecular complexity index is 1460. The van der Waals surface area contributed by atoms with Gasteiger partial charge in [-0.25, -0.2) is 16.8 Å². The van der Waals surface area contributed by atoms with Crippen LogP contribution in [0.15, 0.2) is 83.8 Å². The second-order valence-corrected chi connectivity index (χ2v) is 9.24. The van der Waals surface area contributed by atoms with E-state index in [9.17, 15) is 17.6 Å². The van der Waals surface area contributed by atoms with E-state index in [1.807, 2.05) is 6.92 Å². The van der Waals surface area contributed by atoms with Gasteiger partial charge in [-0.1, -0.05) is 54.1 Å². The van der Waals surface area contributed by atoms with Gasteiger partial charge in [0.05, 0.1) is 4.90 Å². The molecule has 0 atom stereocenters. The summed E-state index contributed by atoms with van der Waals surface area (Å²) in [5.74, 6) is -1.01. The van der Waals surface area contributed by atoms with Gasteiger partial charge in [-0.3, -0.25) is 4.79 Å². The third-order valence-electron chi connectivity index (χ3n) is 4.76. The van der Waals surface area contributed by atoms with Crippen LogP contribution in [0.5, 0.6) is 0 Å². The van der Waals surface area contributed by atoms with Gasteiger partial charge in [-0.05, 0) is 49.5 Å². The molecule has 0 saturated carbocycles. The van der Waals surface area contributed by atoms with Gasteiger partial charge in [0.1, 0.15) is 17.3 Å². The molecule has 4 rings (SSSR count). The Kier molecular flexibility index (Phi) is 5.77. The molecule has 6 nitrogen and oxygen atoms in total. The summed E-state index contributed by atoms with van der Waals surface area (Å²) in [4.78, 5) is 16.2. The first-order valence-electron chi connectivity index (χ1n) is 9.57. The lowest BCUT2D eigenvalue weighted by molar-refractivity contribution is 0.103. The summed E-state index contributed by atoms with van der Waals surface area (Å²) in [6.45, 7) is 1.84. The molecule has 1 aromatic heterocycles. The number of nitrogens with one attached hydrogen (secondary N) is 2. The first kappa shape index (κ1) is 21.7. The van der Waals surface area contributed by atoms with Crippen LogP contribution < -0.4 is 5.32 Å². The normalized spacial score (nSPS) is 11.3. The molecule has 0 saturated heterocycles. The van der Waals surface area contributed by atoms with Crippen LogP contribution in [0.2, 0.25) is 0 Å². The van der Waals surface area contributed by atoms with Crippen molar-refractivity contribution >= 4 is 39.5 Å². The molecule has 0 aliphatic rings. The monoisotopic (exact) mass is 467 g/mol. The Hall–Kier alpha value is -3.56. The third kappa shape index (κ3) is 4.12. The maximum absolute atomic E-state index is 13.7. The minimum atomic E-state index is -4.20.